The largest absolute Gasteiger partial charge is 0.338 e. The minimum Gasteiger partial charge on any atom is -0.338 e. The van der Waals surface area contributed by atoms with Crippen molar-refractivity contribution < 1.29 is 0 Å². The molecule has 0 spiro atoms. The van der Waals surface area contributed by atoms with Gasteiger partial charge in [-0.3, -0.25) is 0 Å². The molecular weight excluding hydrogens is 266 g/mol. The zero-order valence-electron chi connectivity index (χ0n) is 12.3. The highest BCUT2D eigenvalue weighted by Gasteiger charge is 2.27. The van der Waals surface area contributed by atoms with Gasteiger partial charge in [0.25, 0.3) is 0 Å². The van der Waals surface area contributed by atoms with Gasteiger partial charge >= 0.3 is 0 Å². The van der Waals surface area contributed by atoms with Crippen LogP contribution in [0.25, 0.3) is 0 Å². The zero-order valence-corrected chi connectivity index (χ0v) is 13.1. The van der Waals surface area contributed by atoms with Crippen molar-refractivity contribution in [1.82, 2.24) is 14.9 Å². The molecule has 1 N–H and O–H groups in total. The van der Waals surface area contributed by atoms with Gasteiger partial charge in [-0.25, -0.2) is 4.98 Å². The van der Waals surface area contributed by atoms with Crippen LogP contribution < -0.4 is 5.32 Å². The molecule has 0 radical (unpaired) electrons. The number of fused-ring (bicyclic) bond motifs is 1. The molecule has 0 bridgehead atoms. The molecule has 2 aromatic heterocycles. The molecule has 0 saturated heterocycles. The average molecular weight is 289 g/mol. The SMILES string of the molecule is CNC(CCc1nccn1C)C1CCCc2sccc21. The van der Waals surface area contributed by atoms with Crippen molar-refractivity contribution in [1.29, 1.82) is 0 Å². The third-order valence-electron chi connectivity index (χ3n) is 4.55. The highest BCUT2D eigenvalue weighted by atomic mass is 32.1. The van der Waals surface area contributed by atoms with Crippen LogP contribution in [0, 0.1) is 0 Å². The van der Waals surface area contributed by atoms with Crippen molar-refractivity contribution in [3.8, 4) is 0 Å². The van der Waals surface area contributed by atoms with Crippen LogP contribution >= 0.6 is 11.3 Å². The monoisotopic (exact) mass is 289 g/mol. The Morgan fingerprint density at radius 2 is 2.45 bits per heavy atom. The average Bonchev–Trinajstić information content (AvgIpc) is 3.09. The van der Waals surface area contributed by atoms with Crippen LogP contribution in [0.15, 0.2) is 23.8 Å². The topological polar surface area (TPSA) is 29.9 Å². The van der Waals surface area contributed by atoms with Crippen LogP contribution in [0.2, 0.25) is 0 Å². The molecule has 20 heavy (non-hydrogen) atoms. The maximum absolute atomic E-state index is 4.44. The molecule has 2 atom stereocenters. The fraction of sp³-hybridized carbons (Fsp3) is 0.562. The van der Waals surface area contributed by atoms with E-state index in [4.69, 9.17) is 0 Å². The fourth-order valence-electron chi connectivity index (χ4n) is 3.41. The van der Waals surface area contributed by atoms with Crippen molar-refractivity contribution in [2.75, 3.05) is 7.05 Å². The number of hydrogen-bond donors (Lipinski definition) is 1. The molecule has 0 aliphatic heterocycles. The second kappa shape index (κ2) is 6.10. The van der Waals surface area contributed by atoms with E-state index in [0.29, 0.717) is 12.0 Å². The molecule has 0 amide bonds. The Morgan fingerprint density at radius 1 is 1.55 bits per heavy atom. The van der Waals surface area contributed by atoms with Gasteiger partial charge in [-0.2, -0.15) is 0 Å². The molecule has 4 heteroatoms. The van der Waals surface area contributed by atoms with E-state index in [0.717, 1.165) is 12.8 Å². The van der Waals surface area contributed by atoms with E-state index in [9.17, 15) is 0 Å². The van der Waals surface area contributed by atoms with Gasteiger partial charge in [-0.05, 0) is 49.7 Å². The van der Waals surface area contributed by atoms with Gasteiger partial charge in [0, 0.05) is 42.7 Å². The first-order valence-corrected chi connectivity index (χ1v) is 8.37. The molecule has 0 aromatic carbocycles. The van der Waals surface area contributed by atoms with Gasteiger partial charge in [0.1, 0.15) is 5.82 Å². The van der Waals surface area contributed by atoms with Crippen LogP contribution in [0.3, 0.4) is 0 Å². The van der Waals surface area contributed by atoms with E-state index >= 15 is 0 Å². The second-order valence-electron chi connectivity index (χ2n) is 5.69. The van der Waals surface area contributed by atoms with Crippen LogP contribution in [-0.4, -0.2) is 22.6 Å². The lowest BCUT2D eigenvalue weighted by molar-refractivity contribution is 0.392. The lowest BCUT2D eigenvalue weighted by Gasteiger charge is -2.30. The van der Waals surface area contributed by atoms with Crippen molar-refractivity contribution in [3.05, 3.63) is 40.1 Å². The summed E-state index contributed by atoms with van der Waals surface area (Å²) >= 11 is 1.93. The number of thiophene rings is 1. The van der Waals surface area contributed by atoms with Crippen LogP contribution in [0.4, 0.5) is 0 Å². The summed E-state index contributed by atoms with van der Waals surface area (Å²) in [4.78, 5) is 6.05. The van der Waals surface area contributed by atoms with E-state index in [1.807, 2.05) is 23.7 Å². The van der Waals surface area contributed by atoms with Crippen molar-refractivity contribution >= 4 is 11.3 Å². The Hall–Kier alpha value is -1.13. The first-order valence-electron chi connectivity index (χ1n) is 7.49. The Labute approximate surface area is 125 Å². The predicted molar refractivity (Wildman–Crippen MR) is 84.4 cm³/mol. The molecule has 108 valence electrons. The normalized spacial score (nSPS) is 19.8. The molecule has 0 fully saturated rings. The minimum absolute atomic E-state index is 0.556. The Bertz CT molecular complexity index is 558. The maximum Gasteiger partial charge on any atom is 0.108 e. The Morgan fingerprint density at radius 3 is 3.20 bits per heavy atom. The number of aryl methyl sites for hydroxylation is 3. The molecule has 3 rings (SSSR count). The number of hydrogen-bond acceptors (Lipinski definition) is 3. The fourth-order valence-corrected chi connectivity index (χ4v) is 4.41. The molecule has 3 nitrogen and oxygen atoms in total. The number of aromatic nitrogens is 2. The van der Waals surface area contributed by atoms with E-state index in [1.54, 1.807) is 10.4 Å². The summed E-state index contributed by atoms with van der Waals surface area (Å²) < 4.78 is 2.13. The Balaban J connectivity index is 1.70. The molecule has 0 saturated carbocycles. The highest BCUT2D eigenvalue weighted by Crippen LogP contribution is 2.37. The number of likely N-dealkylation sites (N-methyl/N-ethyl adjacent to an activating group) is 1. The summed E-state index contributed by atoms with van der Waals surface area (Å²) in [6, 6.07) is 2.90. The second-order valence-corrected chi connectivity index (χ2v) is 6.69. The van der Waals surface area contributed by atoms with E-state index in [2.05, 4.69) is 40.4 Å². The van der Waals surface area contributed by atoms with Crippen LogP contribution in [-0.2, 0) is 19.9 Å². The number of nitrogens with one attached hydrogen (secondary N) is 1. The van der Waals surface area contributed by atoms with E-state index < -0.39 is 0 Å². The summed E-state index contributed by atoms with van der Waals surface area (Å²) in [7, 11) is 4.18. The summed E-state index contributed by atoms with van der Waals surface area (Å²) in [6.07, 6.45) is 10.0. The van der Waals surface area contributed by atoms with Crippen molar-refractivity contribution in [2.24, 2.45) is 7.05 Å². The summed E-state index contributed by atoms with van der Waals surface area (Å²) in [5.41, 5.74) is 1.60. The number of rotatable bonds is 5. The summed E-state index contributed by atoms with van der Waals surface area (Å²) in [5, 5.41) is 5.81. The molecule has 2 aromatic rings. The quantitative estimate of drug-likeness (QED) is 0.916. The van der Waals surface area contributed by atoms with Gasteiger partial charge < -0.3 is 9.88 Å². The molecule has 2 unspecified atom stereocenters. The lowest BCUT2D eigenvalue weighted by Crippen LogP contribution is -2.34. The van der Waals surface area contributed by atoms with E-state index in [1.165, 1.54) is 25.1 Å². The lowest BCUT2D eigenvalue weighted by atomic mass is 9.81. The third kappa shape index (κ3) is 2.67. The van der Waals surface area contributed by atoms with Gasteiger partial charge in [-0.15, -0.1) is 11.3 Å². The van der Waals surface area contributed by atoms with Gasteiger partial charge in [0.05, 0.1) is 0 Å². The standard InChI is InChI=1S/C16H23N3S/c1-17-14(6-7-16-18-9-10-19(16)2)12-4-3-5-15-13(12)8-11-20-15/h8-12,14,17H,3-7H2,1-2H3. The zero-order chi connectivity index (χ0) is 13.9. The number of nitrogens with zero attached hydrogens (tertiary/aromatic N) is 2. The van der Waals surface area contributed by atoms with E-state index in [-0.39, 0.29) is 0 Å². The third-order valence-corrected chi connectivity index (χ3v) is 5.55. The smallest absolute Gasteiger partial charge is 0.108 e. The molecule has 2 heterocycles. The summed E-state index contributed by atoms with van der Waals surface area (Å²) in [6.45, 7) is 0. The first-order chi connectivity index (χ1) is 9.79. The number of imidazole rings is 1. The van der Waals surface area contributed by atoms with Gasteiger partial charge in [-0.1, -0.05) is 0 Å². The molecule has 1 aliphatic carbocycles. The van der Waals surface area contributed by atoms with Gasteiger partial charge in [0.2, 0.25) is 0 Å². The minimum atomic E-state index is 0.556. The maximum atomic E-state index is 4.44. The van der Waals surface area contributed by atoms with Crippen LogP contribution in [0.5, 0.6) is 0 Å². The van der Waals surface area contributed by atoms with Crippen molar-refractivity contribution in [2.45, 2.75) is 44.1 Å². The first kappa shape index (κ1) is 13.8. The summed E-state index contributed by atoms with van der Waals surface area (Å²) in [5.74, 6) is 1.86. The van der Waals surface area contributed by atoms with Gasteiger partial charge in [0.15, 0.2) is 0 Å². The molecule has 1 aliphatic rings. The molecular formula is C16H23N3S. The van der Waals surface area contributed by atoms with Crippen LogP contribution in [0.1, 0.15) is 41.4 Å². The predicted octanol–water partition coefficient (Wildman–Crippen LogP) is 3.12. The van der Waals surface area contributed by atoms with Crippen molar-refractivity contribution in [3.63, 3.8) is 0 Å². The Kier molecular flexibility index (Phi) is 4.22. The highest BCUT2D eigenvalue weighted by molar-refractivity contribution is 7.10.